The van der Waals surface area contributed by atoms with Crippen LogP contribution < -0.4 is 4.72 Å². The third-order valence-electron chi connectivity index (χ3n) is 3.56. The number of nitrogens with one attached hydrogen (secondary N) is 1. The number of likely N-dealkylation sites (tertiary alicyclic amines) is 1. The van der Waals surface area contributed by atoms with E-state index in [1.165, 1.54) is 0 Å². The topological polar surface area (TPSA) is 49.4 Å². The van der Waals surface area contributed by atoms with Crippen LogP contribution in [0.25, 0.3) is 0 Å². The second kappa shape index (κ2) is 6.03. The summed E-state index contributed by atoms with van der Waals surface area (Å²) in [6.45, 7) is 4.59. The molecule has 1 aromatic carbocycles. The van der Waals surface area contributed by atoms with Gasteiger partial charge in [0.2, 0.25) is 10.0 Å². The van der Waals surface area contributed by atoms with Crippen molar-refractivity contribution in [1.29, 1.82) is 0 Å². The van der Waals surface area contributed by atoms with Gasteiger partial charge in [-0.2, -0.15) is 0 Å². The number of aryl methyl sites for hydroxylation is 1. The summed E-state index contributed by atoms with van der Waals surface area (Å²) >= 11 is 0. The molecule has 1 unspecified atom stereocenters. The molecular weight excluding hydrogens is 260 g/mol. The highest BCUT2D eigenvalue weighted by Gasteiger charge is 2.21. The van der Waals surface area contributed by atoms with Crippen LogP contribution in [-0.4, -0.2) is 40.0 Å². The van der Waals surface area contributed by atoms with Crippen molar-refractivity contribution >= 4 is 10.0 Å². The van der Waals surface area contributed by atoms with Crippen LogP contribution in [0.4, 0.5) is 0 Å². The summed E-state index contributed by atoms with van der Waals surface area (Å²) in [4.78, 5) is 2.24. The maximum atomic E-state index is 12.0. The van der Waals surface area contributed by atoms with Gasteiger partial charge in [-0.3, -0.25) is 0 Å². The molecule has 0 saturated carbocycles. The number of hydrogen-bond donors (Lipinski definition) is 1. The highest BCUT2D eigenvalue weighted by Crippen LogP contribution is 2.14. The van der Waals surface area contributed by atoms with Crippen LogP contribution in [0.2, 0.25) is 0 Å². The Morgan fingerprint density at radius 1 is 1.32 bits per heavy atom. The van der Waals surface area contributed by atoms with Crippen LogP contribution in [0.15, 0.2) is 24.3 Å². The molecule has 0 amide bonds. The van der Waals surface area contributed by atoms with E-state index < -0.39 is 10.0 Å². The van der Waals surface area contributed by atoms with Gasteiger partial charge in [0, 0.05) is 13.1 Å². The lowest BCUT2D eigenvalue weighted by Gasteiger charge is -2.12. The van der Waals surface area contributed by atoms with Gasteiger partial charge >= 0.3 is 0 Å². The standard InChI is InChI=1S/C14H22N2O2S/c1-12-3-5-13(6-4-12)11-19(17,18)15-9-14-7-8-16(2)10-14/h3-6,14-15H,7-11H2,1-2H3. The molecule has 1 saturated heterocycles. The molecule has 1 N–H and O–H groups in total. The molecule has 1 fully saturated rings. The molecule has 19 heavy (non-hydrogen) atoms. The molecule has 2 rings (SSSR count). The molecule has 1 aliphatic rings. The van der Waals surface area contributed by atoms with Gasteiger partial charge in [-0.25, -0.2) is 13.1 Å². The van der Waals surface area contributed by atoms with Crippen LogP contribution in [-0.2, 0) is 15.8 Å². The fourth-order valence-electron chi connectivity index (χ4n) is 2.39. The van der Waals surface area contributed by atoms with E-state index >= 15 is 0 Å². The summed E-state index contributed by atoms with van der Waals surface area (Å²) < 4.78 is 26.7. The van der Waals surface area contributed by atoms with Gasteiger partial charge in [-0.15, -0.1) is 0 Å². The van der Waals surface area contributed by atoms with Gasteiger partial charge in [0.25, 0.3) is 0 Å². The summed E-state index contributed by atoms with van der Waals surface area (Å²) in [7, 11) is -1.15. The van der Waals surface area contributed by atoms with Crippen LogP contribution in [0.3, 0.4) is 0 Å². The molecule has 4 nitrogen and oxygen atoms in total. The molecule has 0 aliphatic carbocycles. The van der Waals surface area contributed by atoms with E-state index in [0.29, 0.717) is 12.5 Å². The average Bonchev–Trinajstić information content (AvgIpc) is 2.76. The Balaban J connectivity index is 1.86. The van der Waals surface area contributed by atoms with Crippen molar-refractivity contribution in [3.8, 4) is 0 Å². The van der Waals surface area contributed by atoms with Crippen LogP contribution in [0.1, 0.15) is 17.5 Å². The summed E-state index contributed by atoms with van der Waals surface area (Å²) in [6.07, 6.45) is 1.07. The first-order chi connectivity index (χ1) is 8.94. The largest absolute Gasteiger partial charge is 0.306 e. The summed E-state index contributed by atoms with van der Waals surface area (Å²) in [6, 6.07) is 7.63. The van der Waals surface area contributed by atoms with Crippen molar-refractivity contribution in [1.82, 2.24) is 9.62 Å². The molecular formula is C14H22N2O2S. The maximum absolute atomic E-state index is 12.0. The molecule has 106 valence electrons. The third-order valence-corrected chi connectivity index (χ3v) is 4.88. The zero-order chi connectivity index (χ0) is 13.9. The van der Waals surface area contributed by atoms with Crippen molar-refractivity contribution in [3.05, 3.63) is 35.4 Å². The number of nitrogens with zero attached hydrogens (tertiary/aromatic N) is 1. The van der Waals surface area contributed by atoms with Crippen LogP contribution in [0, 0.1) is 12.8 Å². The Morgan fingerprint density at radius 2 is 2.00 bits per heavy atom. The number of hydrogen-bond acceptors (Lipinski definition) is 3. The Morgan fingerprint density at radius 3 is 2.58 bits per heavy atom. The van der Waals surface area contributed by atoms with Gasteiger partial charge in [0.1, 0.15) is 0 Å². The van der Waals surface area contributed by atoms with E-state index in [0.717, 1.165) is 30.6 Å². The highest BCUT2D eigenvalue weighted by atomic mass is 32.2. The van der Waals surface area contributed by atoms with Gasteiger partial charge in [0.15, 0.2) is 0 Å². The molecule has 0 aromatic heterocycles. The number of rotatable bonds is 5. The van der Waals surface area contributed by atoms with Crippen molar-refractivity contribution in [2.24, 2.45) is 5.92 Å². The highest BCUT2D eigenvalue weighted by molar-refractivity contribution is 7.88. The van der Waals surface area contributed by atoms with Gasteiger partial charge < -0.3 is 4.90 Å². The van der Waals surface area contributed by atoms with E-state index in [1.807, 2.05) is 31.2 Å². The zero-order valence-corrected chi connectivity index (χ0v) is 12.4. The minimum absolute atomic E-state index is 0.0653. The minimum atomic E-state index is -3.22. The summed E-state index contributed by atoms with van der Waals surface area (Å²) in [5, 5.41) is 0. The molecule has 0 radical (unpaired) electrons. The lowest BCUT2D eigenvalue weighted by Crippen LogP contribution is -2.31. The molecule has 0 spiro atoms. The van der Waals surface area contributed by atoms with E-state index in [1.54, 1.807) is 0 Å². The predicted molar refractivity (Wildman–Crippen MR) is 77.4 cm³/mol. The third kappa shape index (κ3) is 4.60. The minimum Gasteiger partial charge on any atom is -0.306 e. The van der Waals surface area contributed by atoms with Crippen molar-refractivity contribution in [2.45, 2.75) is 19.1 Å². The molecule has 1 aliphatic heterocycles. The Labute approximate surface area is 115 Å². The quantitative estimate of drug-likeness (QED) is 0.887. The summed E-state index contributed by atoms with van der Waals surface area (Å²) in [5.41, 5.74) is 1.98. The monoisotopic (exact) mass is 282 g/mol. The van der Waals surface area contributed by atoms with Crippen molar-refractivity contribution in [2.75, 3.05) is 26.7 Å². The van der Waals surface area contributed by atoms with Crippen molar-refractivity contribution in [3.63, 3.8) is 0 Å². The first kappa shape index (κ1) is 14.5. The predicted octanol–water partition coefficient (Wildman–Crippen LogP) is 1.37. The molecule has 1 atom stereocenters. The second-order valence-corrected chi connectivity index (χ2v) is 7.32. The van der Waals surface area contributed by atoms with Crippen LogP contribution in [0.5, 0.6) is 0 Å². The average molecular weight is 282 g/mol. The Bertz CT molecular complexity index is 511. The van der Waals surface area contributed by atoms with E-state index in [4.69, 9.17) is 0 Å². The van der Waals surface area contributed by atoms with E-state index in [2.05, 4.69) is 16.7 Å². The van der Waals surface area contributed by atoms with E-state index in [9.17, 15) is 8.42 Å². The molecule has 5 heteroatoms. The molecule has 1 aromatic rings. The number of sulfonamides is 1. The first-order valence-corrected chi connectivity index (χ1v) is 8.31. The number of benzene rings is 1. The second-order valence-electron chi connectivity index (χ2n) is 5.51. The van der Waals surface area contributed by atoms with Crippen LogP contribution >= 0.6 is 0 Å². The molecule has 0 bridgehead atoms. The fourth-order valence-corrected chi connectivity index (χ4v) is 3.62. The van der Waals surface area contributed by atoms with Gasteiger partial charge in [-0.05, 0) is 38.4 Å². The van der Waals surface area contributed by atoms with Gasteiger partial charge in [0.05, 0.1) is 5.75 Å². The zero-order valence-electron chi connectivity index (χ0n) is 11.6. The smallest absolute Gasteiger partial charge is 0.215 e. The Hall–Kier alpha value is -0.910. The van der Waals surface area contributed by atoms with E-state index in [-0.39, 0.29) is 5.75 Å². The lowest BCUT2D eigenvalue weighted by atomic mass is 10.1. The SMILES string of the molecule is Cc1ccc(CS(=O)(=O)NCC2CCN(C)C2)cc1. The maximum Gasteiger partial charge on any atom is 0.215 e. The lowest BCUT2D eigenvalue weighted by molar-refractivity contribution is 0.394. The first-order valence-electron chi connectivity index (χ1n) is 6.66. The molecule has 1 heterocycles. The Kier molecular flexibility index (Phi) is 4.60. The van der Waals surface area contributed by atoms with Crippen molar-refractivity contribution < 1.29 is 8.42 Å². The summed E-state index contributed by atoms with van der Waals surface area (Å²) in [5.74, 6) is 0.508. The fraction of sp³-hybridized carbons (Fsp3) is 0.571. The van der Waals surface area contributed by atoms with Gasteiger partial charge in [-0.1, -0.05) is 29.8 Å². The normalized spacial score (nSPS) is 20.8.